The van der Waals surface area contributed by atoms with Crippen LogP contribution in [-0.2, 0) is 9.59 Å². The number of carbonyl (C=O) groups excluding carboxylic acids is 1. The SMILES string of the molecule is CC(CC(=O)N1CCCC(C)(C(=O)O)C1)C(C)(C)C. The molecule has 110 valence electrons. The third kappa shape index (κ3) is 3.95. The molecule has 1 N–H and O–H groups in total. The molecule has 0 aromatic carbocycles. The third-order valence-corrected chi connectivity index (χ3v) is 4.52. The molecule has 2 unspecified atom stereocenters. The highest BCUT2D eigenvalue weighted by Gasteiger charge is 2.39. The van der Waals surface area contributed by atoms with E-state index in [1.54, 1.807) is 11.8 Å². The maximum atomic E-state index is 12.3. The number of amides is 1. The molecule has 1 aliphatic heterocycles. The van der Waals surface area contributed by atoms with Crippen LogP contribution >= 0.6 is 0 Å². The van der Waals surface area contributed by atoms with E-state index in [0.29, 0.717) is 25.9 Å². The summed E-state index contributed by atoms with van der Waals surface area (Å²) in [6.45, 7) is 11.2. The maximum absolute atomic E-state index is 12.3. The van der Waals surface area contributed by atoms with E-state index in [-0.39, 0.29) is 17.2 Å². The van der Waals surface area contributed by atoms with Gasteiger partial charge in [-0.25, -0.2) is 0 Å². The molecule has 0 radical (unpaired) electrons. The molecular weight excluding hydrogens is 242 g/mol. The van der Waals surface area contributed by atoms with Crippen LogP contribution in [0.1, 0.15) is 53.9 Å². The Morgan fingerprint density at radius 3 is 2.42 bits per heavy atom. The van der Waals surface area contributed by atoms with Gasteiger partial charge in [0.2, 0.25) is 5.91 Å². The lowest BCUT2D eigenvalue weighted by Gasteiger charge is -2.38. The first kappa shape index (κ1) is 16.0. The summed E-state index contributed by atoms with van der Waals surface area (Å²) in [5.74, 6) is -0.415. The van der Waals surface area contributed by atoms with Crippen molar-refractivity contribution in [2.24, 2.45) is 16.7 Å². The Hall–Kier alpha value is -1.06. The standard InChI is InChI=1S/C15H27NO3/c1-11(14(2,3)4)9-12(17)16-8-6-7-15(5,10-16)13(18)19/h11H,6-10H2,1-5H3,(H,18,19). The van der Waals surface area contributed by atoms with Crippen molar-refractivity contribution < 1.29 is 14.7 Å². The van der Waals surface area contributed by atoms with Gasteiger partial charge < -0.3 is 10.0 Å². The van der Waals surface area contributed by atoms with Crippen LogP contribution in [0.15, 0.2) is 0 Å². The monoisotopic (exact) mass is 269 g/mol. The molecule has 4 heteroatoms. The number of likely N-dealkylation sites (tertiary alicyclic amines) is 1. The van der Waals surface area contributed by atoms with Gasteiger partial charge in [0.15, 0.2) is 0 Å². The molecule has 19 heavy (non-hydrogen) atoms. The van der Waals surface area contributed by atoms with E-state index in [1.807, 2.05) is 0 Å². The fourth-order valence-corrected chi connectivity index (χ4v) is 2.32. The number of carboxylic acids is 1. The average molecular weight is 269 g/mol. The Kier molecular flexibility index (Phi) is 4.64. The predicted molar refractivity (Wildman–Crippen MR) is 74.8 cm³/mol. The van der Waals surface area contributed by atoms with Crippen LogP contribution in [0.5, 0.6) is 0 Å². The zero-order chi connectivity index (χ0) is 14.8. The summed E-state index contributed by atoms with van der Waals surface area (Å²) < 4.78 is 0. The van der Waals surface area contributed by atoms with Gasteiger partial charge in [0, 0.05) is 19.5 Å². The molecule has 1 amide bonds. The average Bonchev–Trinajstić information content (AvgIpc) is 2.27. The Morgan fingerprint density at radius 1 is 1.37 bits per heavy atom. The zero-order valence-electron chi connectivity index (χ0n) is 12.8. The summed E-state index contributed by atoms with van der Waals surface area (Å²) >= 11 is 0. The van der Waals surface area contributed by atoms with Crippen LogP contribution < -0.4 is 0 Å². The summed E-state index contributed by atoms with van der Waals surface area (Å²) in [6, 6.07) is 0. The Bertz CT molecular complexity index is 359. The first-order valence-electron chi connectivity index (χ1n) is 7.07. The fourth-order valence-electron chi connectivity index (χ4n) is 2.32. The van der Waals surface area contributed by atoms with E-state index < -0.39 is 11.4 Å². The molecule has 0 saturated carbocycles. The van der Waals surface area contributed by atoms with Crippen molar-refractivity contribution in [3.8, 4) is 0 Å². The first-order valence-corrected chi connectivity index (χ1v) is 7.07. The van der Waals surface area contributed by atoms with Crippen LogP contribution in [0.3, 0.4) is 0 Å². The zero-order valence-corrected chi connectivity index (χ0v) is 12.8. The second kappa shape index (κ2) is 5.51. The highest BCUT2D eigenvalue weighted by molar-refractivity contribution is 5.79. The summed E-state index contributed by atoms with van der Waals surface area (Å²) in [4.78, 5) is 25.3. The van der Waals surface area contributed by atoms with E-state index in [4.69, 9.17) is 0 Å². The smallest absolute Gasteiger partial charge is 0.311 e. The predicted octanol–water partition coefficient (Wildman–Crippen LogP) is 2.77. The molecule has 0 aromatic rings. The molecule has 2 atom stereocenters. The van der Waals surface area contributed by atoms with Gasteiger partial charge in [-0.1, -0.05) is 27.7 Å². The lowest BCUT2D eigenvalue weighted by Crippen LogP contribution is -2.48. The second-order valence-electron chi connectivity index (χ2n) is 7.26. The van der Waals surface area contributed by atoms with Crippen molar-refractivity contribution in [1.29, 1.82) is 0 Å². The normalized spacial score (nSPS) is 26.1. The van der Waals surface area contributed by atoms with Crippen molar-refractivity contribution in [3.05, 3.63) is 0 Å². The number of carbonyl (C=O) groups is 2. The molecule has 0 aromatic heterocycles. The summed E-state index contributed by atoms with van der Waals surface area (Å²) in [5, 5.41) is 9.27. The lowest BCUT2D eigenvalue weighted by atomic mass is 9.79. The third-order valence-electron chi connectivity index (χ3n) is 4.52. The van der Waals surface area contributed by atoms with Gasteiger partial charge in [-0.05, 0) is 31.1 Å². The van der Waals surface area contributed by atoms with E-state index in [1.165, 1.54) is 0 Å². The Morgan fingerprint density at radius 2 is 1.95 bits per heavy atom. The minimum absolute atomic E-state index is 0.0922. The van der Waals surface area contributed by atoms with Gasteiger partial charge >= 0.3 is 5.97 Å². The number of hydrogen-bond donors (Lipinski definition) is 1. The largest absolute Gasteiger partial charge is 0.481 e. The molecular formula is C15H27NO3. The van der Waals surface area contributed by atoms with Crippen molar-refractivity contribution in [1.82, 2.24) is 4.90 Å². The van der Waals surface area contributed by atoms with Gasteiger partial charge in [0.25, 0.3) is 0 Å². The summed E-state index contributed by atoms with van der Waals surface area (Å²) in [7, 11) is 0. The van der Waals surface area contributed by atoms with Gasteiger partial charge in [-0.2, -0.15) is 0 Å². The summed E-state index contributed by atoms with van der Waals surface area (Å²) in [5.41, 5.74) is -0.680. The van der Waals surface area contributed by atoms with Crippen LogP contribution in [0, 0.1) is 16.7 Å². The minimum Gasteiger partial charge on any atom is -0.481 e. The molecule has 1 saturated heterocycles. The highest BCUT2D eigenvalue weighted by Crippen LogP contribution is 2.32. The van der Waals surface area contributed by atoms with Crippen LogP contribution in [0.4, 0.5) is 0 Å². The van der Waals surface area contributed by atoms with E-state index in [0.717, 1.165) is 6.42 Å². The number of hydrogen-bond acceptors (Lipinski definition) is 2. The molecule has 1 heterocycles. The molecule has 0 bridgehead atoms. The van der Waals surface area contributed by atoms with Crippen molar-refractivity contribution in [2.75, 3.05) is 13.1 Å². The molecule has 1 rings (SSSR count). The van der Waals surface area contributed by atoms with E-state index in [2.05, 4.69) is 27.7 Å². The van der Waals surface area contributed by atoms with Gasteiger partial charge in [0.05, 0.1) is 5.41 Å². The van der Waals surface area contributed by atoms with Crippen molar-refractivity contribution in [2.45, 2.75) is 53.9 Å². The summed E-state index contributed by atoms with van der Waals surface area (Å²) in [6.07, 6.45) is 1.93. The molecule has 1 fully saturated rings. The van der Waals surface area contributed by atoms with Crippen LogP contribution in [0.2, 0.25) is 0 Å². The maximum Gasteiger partial charge on any atom is 0.311 e. The molecule has 4 nitrogen and oxygen atoms in total. The van der Waals surface area contributed by atoms with E-state index in [9.17, 15) is 14.7 Å². The van der Waals surface area contributed by atoms with E-state index >= 15 is 0 Å². The Labute approximate surface area is 116 Å². The number of rotatable bonds is 3. The van der Waals surface area contributed by atoms with Gasteiger partial charge in [-0.15, -0.1) is 0 Å². The quantitative estimate of drug-likeness (QED) is 0.857. The van der Waals surface area contributed by atoms with Crippen molar-refractivity contribution >= 4 is 11.9 Å². The second-order valence-corrected chi connectivity index (χ2v) is 7.26. The van der Waals surface area contributed by atoms with Gasteiger partial charge in [-0.3, -0.25) is 9.59 Å². The number of piperidine rings is 1. The molecule has 0 spiro atoms. The van der Waals surface area contributed by atoms with Crippen molar-refractivity contribution in [3.63, 3.8) is 0 Å². The molecule has 0 aliphatic carbocycles. The molecule has 1 aliphatic rings. The first-order chi connectivity index (χ1) is 8.56. The van der Waals surface area contributed by atoms with Crippen LogP contribution in [-0.4, -0.2) is 35.0 Å². The minimum atomic E-state index is -0.797. The number of aliphatic carboxylic acids is 1. The van der Waals surface area contributed by atoms with Crippen LogP contribution in [0.25, 0.3) is 0 Å². The highest BCUT2D eigenvalue weighted by atomic mass is 16.4. The number of nitrogens with zero attached hydrogens (tertiary/aromatic N) is 1. The topological polar surface area (TPSA) is 57.6 Å². The Balaban J connectivity index is 2.66. The fraction of sp³-hybridized carbons (Fsp3) is 0.867. The van der Waals surface area contributed by atoms with Gasteiger partial charge in [0.1, 0.15) is 0 Å². The number of carboxylic acid groups (broad SMARTS) is 1. The lowest BCUT2D eigenvalue weighted by molar-refractivity contribution is -0.153.